The molecule has 98 valence electrons. The molecule has 1 aromatic heterocycles. The van der Waals surface area contributed by atoms with Gasteiger partial charge in [-0.05, 0) is 26.1 Å². The van der Waals surface area contributed by atoms with Gasteiger partial charge in [-0.25, -0.2) is 0 Å². The maximum atomic E-state index is 11.4. The second-order valence-corrected chi connectivity index (χ2v) is 3.40. The number of pyridine rings is 1. The Morgan fingerprint density at radius 2 is 2.12 bits per heavy atom. The van der Waals surface area contributed by atoms with Crippen molar-refractivity contribution in [1.82, 2.24) is 15.6 Å². The number of amides is 1. The SMILES string of the molecule is CNCCC(=O)NC(C)c1ccccn1.Cl.Cl. The van der Waals surface area contributed by atoms with Crippen molar-refractivity contribution in [2.24, 2.45) is 0 Å². The average Bonchev–Trinajstić information content (AvgIpc) is 2.27. The highest BCUT2D eigenvalue weighted by Crippen LogP contribution is 2.07. The maximum absolute atomic E-state index is 11.4. The van der Waals surface area contributed by atoms with Crippen LogP contribution in [0.5, 0.6) is 0 Å². The average molecular weight is 280 g/mol. The van der Waals surface area contributed by atoms with Crippen molar-refractivity contribution in [3.63, 3.8) is 0 Å². The van der Waals surface area contributed by atoms with Gasteiger partial charge in [0.2, 0.25) is 5.91 Å². The Bertz CT molecular complexity index is 309. The van der Waals surface area contributed by atoms with Gasteiger partial charge in [-0.1, -0.05) is 6.07 Å². The molecule has 1 unspecified atom stereocenters. The molecule has 1 atom stereocenters. The zero-order valence-electron chi connectivity index (χ0n) is 9.97. The van der Waals surface area contributed by atoms with Crippen LogP contribution in [0.3, 0.4) is 0 Å². The highest BCUT2D eigenvalue weighted by molar-refractivity contribution is 5.85. The summed E-state index contributed by atoms with van der Waals surface area (Å²) in [7, 11) is 1.83. The lowest BCUT2D eigenvalue weighted by atomic mass is 10.2. The minimum Gasteiger partial charge on any atom is -0.348 e. The molecule has 0 bridgehead atoms. The summed E-state index contributed by atoms with van der Waals surface area (Å²) in [6, 6.07) is 5.65. The first kappa shape index (κ1) is 18.5. The van der Waals surface area contributed by atoms with E-state index in [1.807, 2.05) is 32.2 Å². The van der Waals surface area contributed by atoms with Crippen molar-refractivity contribution >= 4 is 30.7 Å². The highest BCUT2D eigenvalue weighted by atomic mass is 35.5. The van der Waals surface area contributed by atoms with Crippen molar-refractivity contribution in [3.8, 4) is 0 Å². The normalized spacial score (nSPS) is 10.7. The molecule has 1 amide bonds. The fraction of sp³-hybridized carbons (Fsp3) is 0.455. The fourth-order valence-corrected chi connectivity index (χ4v) is 1.26. The van der Waals surface area contributed by atoms with Gasteiger partial charge < -0.3 is 10.6 Å². The standard InChI is InChI=1S/C11H17N3O.2ClH/c1-9(10-5-3-4-7-13-10)14-11(15)6-8-12-2;;/h3-5,7,9,12H,6,8H2,1-2H3,(H,14,15);2*1H. The van der Waals surface area contributed by atoms with Crippen LogP contribution in [0.25, 0.3) is 0 Å². The van der Waals surface area contributed by atoms with Crippen molar-refractivity contribution in [1.29, 1.82) is 0 Å². The summed E-state index contributed by atoms with van der Waals surface area (Å²) in [4.78, 5) is 15.6. The molecule has 0 aliphatic carbocycles. The van der Waals surface area contributed by atoms with Crippen LogP contribution < -0.4 is 10.6 Å². The van der Waals surface area contributed by atoms with E-state index in [1.54, 1.807) is 6.20 Å². The maximum Gasteiger partial charge on any atom is 0.221 e. The second kappa shape index (κ2) is 10.3. The first-order valence-electron chi connectivity index (χ1n) is 5.09. The first-order chi connectivity index (χ1) is 7.24. The molecule has 0 saturated carbocycles. The van der Waals surface area contributed by atoms with Gasteiger partial charge in [-0.3, -0.25) is 9.78 Å². The Morgan fingerprint density at radius 3 is 2.65 bits per heavy atom. The lowest BCUT2D eigenvalue weighted by molar-refractivity contribution is -0.121. The molecule has 6 heteroatoms. The molecule has 0 saturated heterocycles. The van der Waals surface area contributed by atoms with Gasteiger partial charge >= 0.3 is 0 Å². The number of rotatable bonds is 5. The minimum absolute atomic E-state index is 0. The number of nitrogens with zero attached hydrogens (tertiary/aromatic N) is 1. The van der Waals surface area contributed by atoms with E-state index in [0.717, 1.165) is 5.69 Å². The van der Waals surface area contributed by atoms with E-state index < -0.39 is 0 Å². The molecule has 1 rings (SSSR count). The molecule has 0 fully saturated rings. The number of nitrogens with one attached hydrogen (secondary N) is 2. The monoisotopic (exact) mass is 279 g/mol. The van der Waals surface area contributed by atoms with Gasteiger partial charge in [-0.15, -0.1) is 24.8 Å². The van der Waals surface area contributed by atoms with E-state index in [4.69, 9.17) is 0 Å². The van der Waals surface area contributed by atoms with Gasteiger partial charge in [-0.2, -0.15) is 0 Å². The summed E-state index contributed by atoms with van der Waals surface area (Å²) in [5.41, 5.74) is 0.885. The number of carbonyl (C=O) groups excluding carboxylic acids is 1. The van der Waals surface area contributed by atoms with E-state index in [0.29, 0.717) is 13.0 Å². The van der Waals surface area contributed by atoms with E-state index in [1.165, 1.54) is 0 Å². The van der Waals surface area contributed by atoms with E-state index >= 15 is 0 Å². The number of carbonyl (C=O) groups is 1. The highest BCUT2D eigenvalue weighted by Gasteiger charge is 2.09. The van der Waals surface area contributed by atoms with Gasteiger partial charge in [0.15, 0.2) is 0 Å². The van der Waals surface area contributed by atoms with Crippen LogP contribution in [0.4, 0.5) is 0 Å². The zero-order valence-corrected chi connectivity index (χ0v) is 11.6. The lowest BCUT2D eigenvalue weighted by Gasteiger charge is -2.12. The van der Waals surface area contributed by atoms with Crippen LogP contribution in [0.15, 0.2) is 24.4 Å². The third kappa shape index (κ3) is 7.15. The summed E-state index contributed by atoms with van der Waals surface area (Å²) in [6.07, 6.45) is 2.22. The molecular formula is C11H19Cl2N3O. The van der Waals surface area contributed by atoms with E-state index in [9.17, 15) is 4.79 Å². The topological polar surface area (TPSA) is 54.0 Å². The Labute approximate surface area is 114 Å². The van der Waals surface area contributed by atoms with Crippen molar-refractivity contribution < 1.29 is 4.79 Å². The molecule has 0 aliphatic heterocycles. The predicted octanol–water partition coefficient (Wildman–Crippen LogP) is 1.71. The molecule has 17 heavy (non-hydrogen) atoms. The Kier molecular flexibility index (Phi) is 11.2. The van der Waals surface area contributed by atoms with Crippen LogP contribution in [0.1, 0.15) is 25.1 Å². The molecular weight excluding hydrogens is 261 g/mol. The van der Waals surface area contributed by atoms with E-state index in [-0.39, 0.29) is 36.8 Å². The molecule has 0 aliphatic rings. The van der Waals surface area contributed by atoms with E-state index in [2.05, 4.69) is 15.6 Å². The summed E-state index contributed by atoms with van der Waals surface area (Å²) < 4.78 is 0. The number of halogens is 2. The lowest BCUT2D eigenvalue weighted by Crippen LogP contribution is -2.29. The van der Waals surface area contributed by atoms with Crippen LogP contribution in [-0.2, 0) is 4.79 Å². The first-order valence-corrected chi connectivity index (χ1v) is 5.09. The van der Waals surface area contributed by atoms with Gasteiger partial charge in [0.25, 0.3) is 0 Å². The predicted molar refractivity (Wildman–Crippen MR) is 73.8 cm³/mol. The second-order valence-electron chi connectivity index (χ2n) is 3.40. The quantitative estimate of drug-likeness (QED) is 0.863. The third-order valence-corrected chi connectivity index (χ3v) is 2.11. The van der Waals surface area contributed by atoms with Gasteiger partial charge in [0.05, 0.1) is 11.7 Å². The molecule has 0 radical (unpaired) electrons. The number of hydrogen-bond acceptors (Lipinski definition) is 3. The van der Waals surface area contributed by atoms with Crippen molar-refractivity contribution in [2.75, 3.05) is 13.6 Å². The van der Waals surface area contributed by atoms with Crippen LogP contribution in [0.2, 0.25) is 0 Å². The minimum atomic E-state index is -0.0319. The van der Waals surface area contributed by atoms with Crippen molar-refractivity contribution in [3.05, 3.63) is 30.1 Å². The Balaban J connectivity index is 0. The fourth-order valence-electron chi connectivity index (χ4n) is 1.26. The third-order valence-electron chi connectivity index (χ3n) is 2.11. The van der Waals surface area contributed by atoms with Crippen LogP contribution in [0, 0.1) is 0 Å². The molecule has 2 N–H and O–H groups in total. The van der Waals surface area contributed by atoms with Gasteiger partial charge in [0.1, 0.15) is 0 Å². The smallest absolute Gasteiger partial charge is 0.221 e. The summed E-state index contributed by atoms with van der Waals surface area (Å²) in [5.74, 6) is 0.0440. The van der Waals surface area contributed by atoms with Crippen LogP contribution >= 0.6 is 24.8 Å². The number of hydrogen-bond donors (Lipinski definition) is 2. The Morgan fingerprint density at radius 1 is 1.41 bits per heavy atom. The summed E-state index contributed by atoms with van der Waals surface area (Å²) in [6.45, 7) is 2.63. The molecule has 1 heterocycles. The largest absolute Gasteiger partial charge is 0.348 e. The Hall–Kier alpha value is -0.840. The summed E-state index contributed by atoms with van der Waals surface area (Å²) in [5, 5.41) is 5.82. The zero-order chi connectivity index (χ0) is 11.1. The van der Waals surface area contributed by atoms with Crippen LogP contribution in [-0.4, -0.2) is 24.5 Å². The van der Waals surface area contributed by atoms with Crippen molar-refractivity contribution in [2.45, 2.75) is 19.4 Å². The molecule has 0 aromatic carbocycles. The summed E-state index contributed by atoms with van der Waals surface area (Å²) >= 11 is 0. The van der Waals surface area contributed by atoms with Gasteiger partial charge in [0, 0.05) is 19.2 Å². The molecule has 0 spiro atoms. The molecule has 1 aromatic rings. The number of aromatic nitrogens is 1. The molecule has 4 nitrogen and oxygen atoms in total.